The van der Waals surface area contributed by atoms with Crippen LogP contribution < -0.4 is 14.8 Å². The molecule has 6 heteroatoms. The van der Waals surface area contributed by atoms with Gasteiger partial charge in [0, 0.05) is 12.6 Å². The lowest BCUT2D eigenvalue weighted by atomic mass is 10.2. The minimum Gasteiger partial charge on any atom is -0.497 e. The predicted molar refractivity (Wildman–Crippen MR) is 67.7 cm³/mol. The van der Waals surface area contributed by atoms with Crippen molar-refractivity contribution in [3.8, 4) is 5.75 Å². The van der Waals surface area contributed by atoms with Crippen molar-refractivity contribution in [3.63, 3.8) is 0 Å². The first kappa shape index (κ1) is 12.0. The molecule has 1 unspecified atom stereocenters. The van der Waals surface area contributed by atoms with Crippen LogP contribution in [-0.4, -0.2) is 27.8 Å². The van der Waals surface area contributed by atoms with Crippen molar-refractivity contribution < 1.29 is 13.2 Å². The molecule has 2 N–H and O–H groups in total. The van der Waals surface area contributed by atoms with Crippen molar-refractivity contribution in [1.82, 2.24) is 0 Å². The van der Waals surface area contributed by atoms with E-state index in [1.807, 2.05) is 6.92 Å². The summed E-state index contributed by atoms with van der Waals surface area (Å²) in [5.41, 5.74) is 6.81. The van der Waals surface area contributed by atoms with Gasteiger partial charge < -0.3 is 10.5 Å². The van der Waals surface area contributed by atoms with E-state index in [1.54, 1.807) is 25.3 Å². The largest absolute Gasteiger partial charge is 0.497 e. The number of sulfonamides is 1. The lowest BCUT2D eigenvalue weighted by molar-refractivity contribution is 0.415. The maximum absolute atomic E-state index is 11.9. The second kappa shape index (κ2) is 4.10. The minimum absolute atomic E-state index is 0.126. The van der Waals surface area contributed by atoms with E-state index in [9.17, 15) is 8.42 Å². The van der Waals surface area contributed by atoms with Crippen LogP contribution in [0.2, 0.25) is 0 Å². The second-order valence-corrected chi connectivity index (χ2v) is 6.28. The van der Waals surface area contributed by atoms with Gasteiger partial charge in [0.2, 0.25) is 10.0 Å². The fourth-order valence-corrected chi connectivity index (χ4v) is 3.99. The summed E-state index contributed by atoms with van der Waals surface area (Å²) in [5.74, 6) is 0.927. The number of nitrogens with two attached hydrogens (primary N) is 1. The molecule has 0 amide bonds. The van der Waals surface area contributed by atoms with E-state index in [0.29, 0.717) is 23.7 Å². The van der Waals surface area contributed by atoms with Gasteiger partial charge in [-0.1, -0.05) is 6.92 Å². The van der Waals surface area contributed by atoms with Gasteiger partial charge in [-0.25, -0.2) is 8.42 Å². The van der Waals surface area contributed by atoms with Crippen LogP contribution in [0.4, 0.5) is 11.4 Å². The number of nitrogens with zero attached hydrogens (tertiary/aromatic N) is 1. The van der Waals surface area contributed by atoms with Gasteiger partial charge in [0.1, 0.15) is 5.75 Å². The Labute approximate surface area is 101 Å². The molecule has 0 aliphatic carbocycles. The quantitative estimate of drug-likeness (QED) is 0.803. The Morgan fingerprint density at radius 1 is 1.47 bits per heavy atom. The Kier molecular flexibility index (Phi) is 2.91. The number of rotatable bonds is 2. The van der Waals surface area contributed by atoms with E-state index in [-0.39, 0.29) is 11.7 Å². The zero-order valence-electron chi connectivity index (χ0n) is 9.88. The highest BCUT2D eigenvalue weighted by Crippen LogP contribution is 2.33. The lowest BCUT2D eigenvalue weighted by Crippen LogP contribution is -2.26. The van der Waals surface area contributed by atoms with Crippen LogP contribution >= 0.6 is 0 Å². The number of hydrogen-bond donors (Lipinski definition) is 1. The molecule has 94 valence electrons. The topological polar surface area (TPSA) is 72.6 Å². The van der Waals surface area contributed by atoms with Crippen LogP contribution in [0.25, 0.3) is 0 Å². The Hall–Kier alpha value is -1.43. The Morgan fingerprint density at radius 3 is 2.65 bits per heavy atom. The Bertz CT molecular complexity index is 528. The molecule has 0 saturated carbocycles. The van der Waals surface area contributed by atoms with E-state index in [2.05, 4.69) is 0 Å². The third-order valence-corrected chi connectivity index (χ3v) is 4.82. The highest BCUT2D eigenvalue weighted by Gasteiger charge is 2.34. The van der Waals surface area contributed by atoms with E-state index < -0.39 is 10.0 Å². The number of benzene rings is 1. The van der Waals surface area contributed by atoms with Crippen molar-refractivity contribution in [2.24, 2.45) is 5.92 Å². The summed E-state index contributed by atoms with van der Waals surface area (Å²) in [5, 5.41) is 0. The van der Waals surface area contributed by atoms with Gasteiger partial charge in [0.15, 0.2) is 0 Å². The fraction of sp³-hybridized carbons (Fsp3) is 0.455. The van der Waals surface area contributed by atoms with Crippen molar-refractivity contribution in [2.45, 2.75) is 6.92 Å². The summed E-state index contributed by atoms with van der Waals surface area (Å²) in [6.07, 6.45) is 0. The van der Waals surface area contributed by atoms with Gasteiger partial charge in [-0.3, -0.25) is 4.31 Å². The van der Waals surface area contributed by atoms with Crippen LogP contribution in [0.1, 0.15) is 6.92 Å². The molecule has 1 aliphatic heterocycles. The van der Waals surface area contributed by atoms with E-state index >= 15 is 0 Å². The predicted octanol–water partition coefficient (Wildman–Crippen LogP) is 1.06. The summed E-state index contributed by atoms with van der Waals surface area (Å²) in [7, 11) is -1.67. The standard InChI is InChI=1S/C11H16N2O3S/c1-8-6-13(17(14,15)7-8)11-4-3-9(16-2)5-10(11)12/h3-5,8H,6-7,12H2,1-2H3. The molecule has 0 radical (unpaired) electrons. The first-order valence-electron chi connectivity index (χ1n) is 5.38. The zero-order valence-corrected chi connectivity index (χ0v) is 10.7. The number of methoxy groups -OCH3 is 1. The van der Waals surface area contributed by atoms with Crippen molar-refractivity contribution in [1.29, 1.82) is 0 Å². The maximum Gasteiger partial charge on any atom is 0.235 e. The van der Waals surface area contributed by atoms with Crippen LogP contribution in [-0.2, 0) is 10.0 Å². The molecule has 17 heavy (non-hydrogen) atoms. The van der Waals surface area contributed by atoms with Gasteiger partial charge in [0.05, 0.1) is 24.2 Å². The van der Waals surface area contributed by atoms with E-state index in [4.69, 9.17) is 10.5 Å². The normalized spacial score (nSPS) is 22.7. The first-order chi connectivity index (χ1) is 7.94. The Balaban J connectivity index is 2.41. The molecule has 1 saturated heterocycles. The average molecular weight is 256 g/mol. The molecule has 1 aromatic carbocycles. The summed E-state index contributed by atoms with van der Waals surface area (Å²) in [6, 6.07) is 5.03. The van der Waals surface area contributed by atoms with Gasteiger partial charge in [-0.15, -0.1) is 0 Å². The van der Waals surface area contributed by atoms with Gasteiger partial charge >= 0.3 is 0 Å². The van der Waals surface area contributed by atoms with Crippen molar-refractivity contribution in [3.05, 3.63) is 18.2 Å². The molecule has 1 fully saturated rings. The molecule has 5 nitrogen and oxygen atoms in total. The molecular weight excluding hydrogens is 240 g/mol. The second-order valence-electron chi connectivity index (χ2n) is 4.34. The summed E-state index contributed by atoms with van der Waals surface area (Å²) in [6.45, 7) is 2.40. The first-order valence-corrected chi connectivity index (χ1v) is 6.99. The third-order valence-electron chi connectivity index (χ3n) is 2.81. The van der Waals surface area contributed by atoms with Crippen molar-refractivity contribution >= 4 is 21.4 Å². The summed E-state index contributed by atoms with van der Waals surface area (Å²) >= 11 is 0. The molecule has 1 aliphatic rings. The fourth-order valence-electron chi connectivity index (χ4n) is 2.03. The average Bonchev–Trinajstić information content (AvgIpc) is 2.51. The van der Waals surface area contributed by atoms with E-state index in [0.717, 1.165) is 0 Å². The molecular formula is C11H16N2O3S. The molecule has 1 atom stereocenters. The highest BCUT2D eigenvalue weighted by molar-refractivity contribution is 7.93. The zero-order chi connectivity index (χ0) is 12.6. The number of hydrogen-bond acceptors (Lipinski definition) is 4. The SMILES string of the molecule is COc1ccc(N2CC(C)CS2(=O)=O)c(N)c1. The molecule has 2 rings (SSSR count). The Morgan fingerprint density at radius 2 is 2.18 bits per heavy atom. The summed E-state index contributed by atoms with van der Waals surface area (Å²) in [4.78, 5) is 0. The van der Waals surface area contributed by atoms with E-state index in [1.165, 1.54) is 4.31 Å². The van der Waals surface area contributed by atoms with Crippen LogP contribution in [0.15, 0.2) is 18.2 Å². The molecule has 0 aromatic heterocycles. The number of ether oxygens (including phenoxy) is 1. The van der Waals surface area contributed by atoms with Gasteiger partial charge in [-0.05, 0) is 18.1 Å². The molecule has 1 heterocycles. The van der Waals surface area contributed by atoms with Gasteiger partial charge in [-0.2, -0.15) is 0 Å². The number of nitrogen functional groups attached to an aromatic ring is 1. The highest BCUT2D eigenvalue weighted by atomic mass is 32.2. The molecule has 1 aromatic rings. The van der Waals surface area contributed by atoms with Crippen LogP contribution in [0, 0.1) is 5.92 Å². The van der Waals surface area contributed by atoms with Crippen molar-refractivity contribution in [2.75, 3.05) is 29.4 Å². The van der Waals surface area contributed by atoms with Crippen LogP contribution in [0.3, 0.4) is 0 Å². The monoisotopic (exact) mass is 256 g/mol. The van der Waals surface area contributed by atoms with Gasteiger partial charge in [0.25, 0.3) is 0 Å². The maximum atomic E-state index is 11.9. The lowest BCUT2D eigenvalue weighted by Gasteiger charge is -2.19. The third kappa shape index (κ3) is 2.17. The van der Waals surface area contributed by atoms with Crippen LogP contribution in [0.5, 0.6) is 5.75 Å². The molecule has 0 bridgehead atoms. The number of anilines is 2. The minimum atomic E-state index is -3.22. The summed E-state index contributed by atoms with van der Waals surface area (Å²) < 4.78 is 30.3. The molecule has 0 spiro atoms. The smallest absolute Gasteiger partial charge is 0.235 e.